The Bertz CT molecular complexity index is 665. The average molecular weight is 304 g/mol. The van der Waals surface area contributed by atoms with Gasteiger partial charge in [-0.25, -0.2) is 8.78 Å². The highest BCUT2D eigenvalue weighted by Crippen LogP contribution is 2.40. The fourth-order valence-corrected chi connectivity index (χ4v) is 1.93. The van der Waals surface area contributed by atoms with Crippen molar-refractivity contribution < 1.29 is 13.6 Å². The summed E-state index contributed by atoms with van der Waals surface area (Å²) in [6.07, 6.45) is 2.70. The molecule has 5 heteroatoms. The molecule has 22 heavy (non-hydrogen) atoms. The van der Waals surface area contributed by atoms with Gasteiger partial charge in [-0.1, -0.05) is 12.1 Å². The number of carbonyl (C=O) groups is 1. The zero-order valence-electron chi connectivity index (χ0n) is 12.6. The van der Waals surface area contributed by atoms with Gasteiger partial charge in [0.25, 0.3) is 0 Å². The van der Waals surface area contributed by atoms with Gasteiger partial charge in [0.2, 0.25) is 12.3 Å². The van der Waals surface area contributed by atoms with E-state index < -0.39 is 5.92 Å². The summed E-state index contributed by atoms with van der Waals surface area (Å²) in [6.45, 7) is 4.03. The summed E-state index contributed by atoms with van der Waals surface area (Å²) in [6, 6.07) is 9.80. The number of rotatable bonds is 3. The normalized spacial score (nSPS) is 14.5. The van der Waals surface area contributed by atoms with Crippen LogP contribution in [0.4, 0.5) is 14.5 Å². The second kappa shape index (κ2) is 6.64. The Hall–Kier alpha value is -2.30. The Labute approximate surface area is 128 Å². The van der Waals surface area contributed by atoms with Crippen molar-refractivity contribution in [1.82, 2.24) is 4.98 Å². The first-order valence-corrected chi connectivity index (χ1v) is 7.03. The summed E-state index contributed by atoms with van der Waals surface area (Å²) in [4.78, 5) is 14.7. The lowest BCUT2D eigenvalue weighted by Crippen LogP contribution is -1.96. The van der Waals surface area contributed by atoms with Crippen molar-refractivity contribution >= 4 is 12.1 Å². The number of aryl methyl sites for hydroxylation is 2. The maximum absolute atomic E-state index is 11.1. The summed E-state index contributed by atoms with van der Waals surface area (Å²) in [5.41, 5.74) is 5.14. The predicted octanol–water partition coefficient (Wildman–Crippen LogP) is 4.35. The molecule has 1 aliphatic rings. The van der Waals surface area contributed by atoms with Gasteiger partial charge in [0.1, 0.15) is 0 Å². The fourth-order valence-electron chi connectivity index (χ4n) is 1.93. The van der Waals surface area contributed by atoms with Crippen molar-refractivity contribution in [2.45, 2.75) is 32.6 Å². The molecule has 1 aromatic carbocycles. The number of hydrogen-bond acceptors (Lipinski definition) is 2. The van der Waals surface area contributed by atoms with Crippen LogP contribution >= 0.6 is 0 Å². The topological polar surface area (TPSA) is 42.0 Å². The molecule has 1 aliphatic carbocycles. The van der Waals surface area contributed by atoms with E-state index in [0.717, 1.165) is 28.1 Å². The first-order valence-electron chi connectivity index (χ1n) is 7.03. The van der Waals surface area contributed by atoms with E-state index >= 15 is 0 Å². The molecule has 3 rings (SSSR count). The van der Waals surface area contributed by atoms with Gasteiger partial charge in [-0.15, -0.1) is 0 Å². The summed E-state index contributed by atoms with van der Waals surface area (Å²) in [5, 5.41) is 2.66. The van der Waals surface area contributed by atoms with E-state index in [1.165, 1.54) is 0 Å². The average Bonchev–Trinajstić information content (AvgIpc) is 3.18. The minimum absolute atomic E-state index is 0.118. The molecule has 1 N–H and O–H groups in total. The van der Waals surface area contributed by atoms with Crippen LogP contribution in [0, 0.1) is 13.8 Å². The van der Waals surface area contributed by atoms with E-state index in [1.807, 2.05) is 44.2 Å². The number of benzene rings is 1. The summed E-state index contributed by atoms with van der Waals surface area (Å²) < 4.78 is 22.3. The van der Waals surface area contributed by atoms with Crippen molar-refractivity contribution in [3.8, 4) is 11.1 Å². The molecule has 0 radical (unpaired) electrons. The SMILES string of the molecule is Cc1ccc(NC=O)cc1-c1cccnc1C.FC1(F)CC1. The zero-order valence-corrected chi connectivity index (χ0v) is 12.6. The molecule has 0 unspecified atom stereocenters. The molecule has 3 nitrogen and oxygen atoms in total. The first kappa shape index (κ1) is 16.1. The maximum atomic E-state index is 11.1. The van der Waals surface area contributed by atoms with E-state index in [9.17, 15) is 13.6 Å². The van der Waals surface area contributed by atoms with Crippen molar-refractivity contribution in [2.75, 3.05) is 5.32 Å². The van der Waals surface area contributed by atoms with Gasteiger partial charge in [-0.05, 0) is 43.2 Å². The van der Waals surface area contributed by atoms with E-state index in [2.05, 4.69) is 10.3 Å². The van der Waals surface area contributed by atoms with E-state index in [1.54, 1.807) is 6.20 Å². The molecule has 1 saturated carbocycles. The molecule has 0 spiro atoms. The maximum Gasteiger partial charge on any atom is 0.248 e. The Kier molecular flexibility index (Phi) is 4.85. The van der Waals surface area contributed by atoms with Gasteiger partial charge in [0.05, 0.1) is 0 Å². The molecular weight excluding hydrogens is 286 g/mol. The van der Waals surface area contributed by atoms with Gasteiger partial charge < -0.3 is 5.32 Å². The van der Waals surface area contributed by atoms with Crippen LogP contribution in [0.3, 0.4) is 0 Å². The van der Waals surface area contributed by atoms with Crippen LogP contribution in [-0.4, -0.2) is 17.3 Å². The van der Waals surface area contributed by atoms with Crippen molar-refractivity contribution in [3.63, 3.8) is 0 Å². The molecule has 1 fully saturated rings. The number of aromatic nitrogens is 1. The molecule has 1 aromatic heterocycles. The molecule has 1 amide bonds. The third-order valence-corrected chi connectivity index (χ3v) is 3.39. The van der Waals surface area contributed by atoms with E-state index in [-0.39, 0.29) is 12.8 Å². The summed E-state index contributed by atoms with van der Waals surface area (Å²) in [7, 11) is 0. The standard InChI is InChI=1S/C14H14N2O.C3H4F2/c1-10-5-6-12(16-9-17)8-14(10)13-4-3-7-15-11(13)2;4-3(5)1-2-3/h3-9H,1-2H3,(H,16,17);1-2H2. The molecule has 0 atom stereocenters. The number of pyridine rings is 1. The molecule has 2 aromatic rings. The number of nitrogens with zero attached hydrogens (tertiary/aromatic N) is 1. The third kappa shape index (κ3) is 4.35. The monoisotopic (exact) mass is 304 g/mol. The van der Waals surface area contributed by atoms with Gasteiger partial charge >= 0.3 is 0 Å². The van der Waals surface area contributed by atoms with Crippen LogP contribution in [0.2, 0.25) is 0 Å². The molecular formula is C17H18F2N2O. The number of halogens is 2. The highest BCUT2D eigenvalue weighted by Gasteiger charge is 2.43. The first-order chi connectivity index (χ1) is 10.4. The number of alkyl halides is 2. The lowest BCUT2D eigenvalue weighted by Gasteiger charge is -2.10. The van der Waals surface area contributed by atoms with Crippen LogP contribution < -0.4 is 5.32 Å². The Morgan fingerprint density at radius 2 is 1.86 bits per heavy atom. The highest BCUT2D eigenvalue weighted by atomic mass is 19.3. The Morgan fingerprint density at radius 1 is 1.18 bits per heavy atom. The highest BCUT2D eigenvalue weighted by molar-refractivity contribution is 5.78. The second-order valence-corrected chi connectivity index (χ2v) is 5.28. The lowest BCUT2D eigenvalue weighted by atomic mass is 9.99. The minimum Gasteiger partial charge on any atom is -0.329 e. The van der Waals surface area contributed by atoms with Gasteiger partial charge in [-0.2, -0.15) is 0 Å². The van der Waals surface area contributed by atoms with Gasteiger partial charge in [0.15, 0.2) is 0 Å². The predicted molar refractivity (Wildman–Crippen MR) is 83.0 cm³/mol. The number of anilines is 1. The number of nitrogens with one attached hydrogen (secondary N) is 1. The largest absolute Gasteiger partial charge is 0.329 e. The Balaban J connectivity index is 0.000000299. The minimum atomic E-state index is -2.25. The summed E-state index contributed by atoms with van der Waals surface area (Å²) in [5.74, 6) is -2.25. The van der Waals surface area contributed by atoms with Crippen LogP contribution in [0.1, 0.15) is 24.1 Å². The summed E-state index contributed by atoms with van der Waals surface area (Å²) >= 11 is 0. The fraction of sp³-hybridized carbons (Fsp3) is 0.294. The smallest absolute Gasteiger partial charge is 0.248 e. The number of carbonyl (C=O) groups excluding carboxylic acids is 1. The molecule has 1 heterocycles. The number of amides is 1. The molecule has 0 saturated heterocycles. The lowest BCUT2D eigenvalue weighted by molar-refractivity contribution is -0.105. The zero-order chi connectivity index (χ0) is 16.2. The van der Waals surface area contributed by atoms with Gasteiger partial charge in [-0.3, -0.25) is 9.78 Å². The van der Waals surface area contributed by atoms with Crippen molar-refractivity contribution in [3.05, 3.63) is 47.8 Å². The number of hydrogen-bond donors (Lipinski definition) is 1. The van der Waals surface area contributed by atoms with E-state index in [4.69, 9.17) is 0 Å². The Morgan fingerprint density at radius 3 is 2.41 bits per heavy atom. The van der Waals surface area contributed by atoms with E-state index in [0.29, 0.717) is 6.41 Å². The van der Waals surface area contributed by atoms with Gasteiger partial charge in [0, 0.05) is 36.0 Å². The molecule has 0 bridgehead atoms. The quantitative estimate of drug-likeness (QED) is 0.857. The van der Waals surface area contributed by atoms with Crippen molar-refractivity contribution in [2.24, 2.45) is 0 Å². The third-order valence-electron chi connectivity index (χ3n) is 3.39. The van der Waals surface area contributed by atoms with Crippen LogP contribution in [0.15, 0.2) is 36.5 Å². The molecule has 116 valence electrons. The van der Waals surface area contributed by atoms with Crippen molar-refractivity contribution in [1.29, 1.82) is 0 Å². The second-order valence-electron chi connectivity index (χ2n) is 5.28. The van der Waals surface area contributed by atoms with Crippen LogP contribution in [-0.2, 0) is 4.79 Å². The van der Waals surface area contributed by atoms with Crippen LogP contribution in [0.5, 0.6) is 0 Å². The van der Waals surface area contributed by atoms with Crippen LogP contribution in [0.25, 0.3) is 11.1 Å². The molecule has 0 aliphatic heterocycles.